The molecular formula is C25H34N6O3. The zero-order valence-corrected chi connectivity index (χ0v) is 20.1. The largest absolute Gasteiger partial charge is 0.369 e. The van der Waals surface area contributed by atoms with Gasteiger partial charge in [0.2, 0.25) is 5.91 Å². The van der Waals surface area contributed by atoms with Crippen molar-refractivity contribution in [2.24, 2.45) is 0 Å². The summed E-state index contributed by atoms with van der Waals surface area (Å²) in [6.07, 6.45) is 2.25. The van der Waals surface area contributed by atoms with E-state index in [9.17, 15) is 14.9 Å². The van der Waals surface area contributed by atoms with Crippen molar-refractivity contribution < 1.29 is 9.72 Å². The van der Waals surface area contributed by atoms with Gasteiger partial charge in [0.05, 0.1) is 4.92 Å². The molecule has 0 unspecified atom stereocenters. The van der Waals surface area contributed by atoms with Gasteiger partial charge in [-0.2, -0.15) is 0 Å². The van der Waals surface area contributed by atoms with Gasteiger partial charge in [-0.25, -0.2) is 4.98 Å². The average molecular weight is 467 g/mol. The van der Waals surface area contributed by atoms with Gasteiger partial charge >= 0.3 is 0 Å². The Hall–Kier alpha value is -3.20. The topological polar surface area (TPSA) is 94.8 Å². The van der Waals surface area contributed by atoms with Crippen molar-refractivity contribution in [2.75, 3.05) is 56.0 Å². The number of carbonyl (C=O) groups excluding carboxylic acids is 1. The normalized spacial score (nSPS) is 17.6. The van der Waals surface area contributed by atoms with Crippen LogP contribution in [0.4, 0.5) is 17.2 Å². The van der Waals surface area contributed by atoms with E-state index in [0.717, 1.165) is 58.7 Å². The van der Waals surface area contributed by atoms with Crippen molar-refractivity contribution in [3.63, 3.8) is 0 Å². The van der Waals surface area contributed by atoms with Crippen LogP contribution in [0.3, 0.4) is 0 Å². The van der Waals surface area contributed by atoms with Crippen LogP contribution in [0, 0.1) is 24.0 Å². The molecule has 1 N–H and O–H groups in total. The number of hydrogen-bond acceptors (Lipinski definition) is 7. The first-order valence-corrected chi connectivity index (χ1v) is 12.1. The molecule has 1 aromatic heterocycles. The minimum absolute atomic E-state index is 0.0301. The molecular weight excluding hydrogens is 432 g/mol. The fourth-order valence-electron chi connectivity index (χ4n) is 4.71. The van der Waals surface area contributed by atoms with Crippen LogP contribution in [-0.2, 0) is 4.79 Å². The van der Waals surface area contributed by atoms with Crippen LogP contribution in [-0.4, -0.2) is 77.5 Å². The van der Waals surface area contributed by atoms with Gasteiger partial charge in [0.15, 0.2) is 0 Å². The number of hydrogen-bond donors (Lipinski definition) is 1. The lowest BCUT2D eigenvalue weighted by Crippen LogP contribution is -2.48. The summed E-state index contributed by atoms with van der Waals surface area (Å²) >= 11 is 0. The Balaban J connectivity index is 1.16. The Morgan fingerprint density at radius 3 is 2.32 bits per heavy atom. The molecule has 0 saturated carbocycles. The zero-order valence-electron chi connectivity index (χ0n) is 20.1. The van der Waals surface area contributed by atoms with E-state index in [4.69, 9.17) is 0 Å². The predicted molar refractivity (Wildman–Crippen MR) is 133 cm³/mol. The summed E-state index contributed by atoms with van der Waals surface area (Å²) in [4.78, 5) is 34.4. The van der Waals surface area contributed by atoms with Crippen molar-refractivity contribution in [3.05, 3.63) is 57.8 Å². The van der Waals surface area contributed by atoms with Crippen LogP contribution in [0.25, 0.3) is 0 Å². The number of likely N-dealkylation sites (tertiary alicyclic amines) is 1. The van der Waals surface area contributed by atoms with E-state index in [1.54, 1.807) is 13.0 Å². The number of anilines is 2. The molecule has 2 aromatic rings. The Kier molecular flexibility index (Phi) is 7.62. The lowest BCUT2D eigenvalue weighted by atomic mass is 10.0. The van der Waals surface area contributed by atoms with Crippen molar-refractivity contribution >= 4 is 23.1 Å². The number of nitrogens with zero attached hydrogens (tertiary/aromatic N) is 5. The standard InChI is InChI=1S/C25H34N6O3/c1-19-3-5-22(6-4-19)29-17-15-28(16-18-29)12-11-25(32)30-13-9-21(10-14-30)27-24-8-7-23(31(33)34)20(2)26-24/h3-8,21H,9-18H2,1-2H3,(H,26,27). The third-order valence-electron chi connectivity index (χ3n) is 6.87. The maximum absolute atomic E-state index is 12.8. The van der Waals surface area contributed by atoms with Crippen LogP contribution in [0.15, 0.2) is 36.4 Å². The summed E-state index contributed by atoms with van der Waals surface area (Å²) in [7, 11) is 0. The summed E-state index contributed by atoms with van der Waals surface area (Å²) in [6, 6.07) is 12.0. The Bertz CT molecular complexity index is 996. The van der Waals surface area contributed by atoms with Crippen LogP contribution in [0.5, 0.6) is 0 Å². The van der Waals surface area contributed by atoms with Crippen molar-refractivity contribution in [1.29, 1.82) is 0 Å². The molecule has 2 aliphatic rings. The van der Waals surface area contributed by atoms with E-state index >= 15 is 0 Å². The number of nitrogens with one attached hydrogen (secondary N) is 1. The highest BCUT2D eigenvalue weighted by atomic mass is 16.6. The van der Waals surface area contributed by atoms with Gasteiger partial charge in [0.1, 0.15) is 11.5 Å². The number of piperidine rings is 1. The van der Waals surface area contributed by atoms with E-state index < -0.39 is 4.92 Å². The smallest absolute Gasteiger partial charge is 0.290 e. The van der Waals surface area contributed by atoms with E-state index in [1.165, 1.54) is 17.3 Å². The third kappa shape index (κ3) is 6.02. The predicted octanol–water partition coefficient (Wildman–Crippen LogP) is 3.22. The van der Waals surface area contributed by atoms with Crippen molar-refractivity contribution in [3.8, 4) is 0 Å². The molecule has 0 radical (unpaired) electrons. The Labute approximate surface area is 200 Å². The Morgan fingerprint density at radius 2 is 1.71 bits per heavy atom. The molecule has 9 heteroatoms. The number of benzene rings is 1. The van der Waals surface area contributed by atoms with E-state index in [0.29, 0.717) is 17.9 Å². The highest BCUT2D eigenvalue weighted by Gasteiger charge is 2.24. The number of pyridine rings is 1. The Morgan fingerprint density at radius 1 is 1.03 bits per heavy atom. The zero-order chi connectivity index (χ0) is 24.1. The average Bonchev–Trinajstić information content (AvgIpc) is 2.84. The first-order valence-electron chi connectivity index (χ1n) is 12.1. The van der Waals surface area contributed by atoms with E-state index in [-0.39, 0.29) is 17.6 Å². The van der Waals surface area contributed by atoms with Gasteiger partial charge in [-0.1, -0.05) is 17.7 Å². The van der Waals surface area contributed by atoms with Gasteiger partial charge in [-0.3, -0.25) is 19.8 Å². The molecule has 2 aliphatic heterocycles. The number of rotatable bonds is 7. The van der Waals surface area contributed by atoms with Crippen molar-refractivity contribution in [2.45, 2.75) is 39.2 Å². The van der Waals surface area contributed by atoms with Gasteiger partial charge in [0, 0.05) is 70.0 Å². The summed E-state index contributed by atoms with van der Waals surface area (Å²) in [6.45, 7) is 9.96. The van der Waals surface area contributed by atoms with Gasteiger partial charge < -0.3 is 15.1 Å². The van der Waals surface area contributed by atoms with Gasteiger partial charge in [-0.05, 0) is 44.9 Å². The quantitative estimate of drug-likeness (QED) is 0.494. The fraction of sp³-hybridized carbons (Fsp3) is 0.520. The van der Waals surface area contributed by atoms with E-state index in [1.807, 2.05) is 4.90 Å². The summed E-state index contributed by atoms with van der Waals surface area (Å²) in [5.41, 5.74) is 2.99. The molecule has 1 aromatic carbocycles. The highest BCUT2D eigenvalue weighted by molar-refractivity contribution is 5.76. The lowest BCUT2D eigenvalue weighted by Gasteiger charge is -2.37. The molecule has 182 valence electrons. The van der Waals surface area contributed by atoms with Crippen LogP contribution < -0.4 is 10.2 Å². The molecule has 2 saturated heterocycles. The maximum atomic E-state index is 12.8. The number of aromatic nitrogens is 1. The number of amides is 1. The molecule has 34 heavy (non-hydrogen) atoms. The summed E-state index contributed by atoms with van der Waals surface area (Å²) < 4.78 is 0. The molecule has 9 nitrogen and oxygen atoms in total. The number of aryl methyl sites for hydroxylation is 2. The molecule has 0 bridgehead atoms. The molecule has 4 rings (SSSR count). The second kappa shape index (κ2) is 10.8. The summed E-state index contributed by atoms with van der Waals surface area (Å²) in [5, 5.41) is 14.3. The highest BCUT2D eigenvalue weighted by Crippen LogP contribution is 2.21. The van der Waals surface area contributed by atoms with Gasteiger partial charge in [0.25, 0.3) is 5.69 Å². The molecule has 0 atom stereocenters. The van der Waals surface area contributed by atoms with Crippen molar-refractivity contribution in [1.82, 2.24) is 14.8 Å². The van der Waals surface area contributed by atoms with Crippen LogP contribution in [0.1, 0.15) is 30.5 Å². The summed E-state index contributed by atoms with van der Waals surface area (Å²) in [5.74, 6) is 0.876. The van der Waals surface area contributed by atoms with Crippen LogP contribution in [0.2, 0.25) is 0 Å². The van der Waals surface area contributed by atoms with Gasteiger partial charge in [-0.15, -0.1) is 0 Å². The molecule has 1 amide bonds. The molecule has 0 aliphatic carbocycles. The molecule has 3 heterocycles. The third-order valence-corrected chi connectivity index (χ3v) is 6.87. The monoisotopic (exact) mass is 466 g/mol. The molecule has 0 spiro atoms. The van der Waals surface area contributed by atoms with E-state index in [2.05, 4.69) is 51.3 Å². The SMILES string of the molecule is Cc1ccc(N2CCN(CCC(=O)N3CCC(Nc4ccc([N+](=O)[O-])c(C)n4)CC3)CC2)cc1. The number of nitro groups is 1. The number of carbonyl (C=O) groups is 1. The second-order valence-electron chi connectivity index (χ2n) is 9.27. The fourth-order valence-corrected chi connectivity index (χ4v) is 4.71. The minimum atomic E-state index is -0.417. The first kappa shape index (κ1) is 23.9. The minimum Gasteiger partial charge on any atom is -0.369 e. The molecule has 2 fully saturated rings. The number of piperazine rings is 1. The first-order chi connectivity index (χ1) is 16.4. The lowest BCUT2D eigenvalue weighted by molar-refractivity contribution is -0.385. The second-order valence-corrected chi connectivity index (χ2v) is 9.27. The maximum Gasteiger partial charge on any atom is 0.290 e. The van der Waals surface area contributed by atoms with Crippen LogP contribution >= 0.6 is 0 Å².